The maximum absolute atomic E-state index is 12.9. The van der Waals surface area contributed by atoms with Gasteiger partial charge in [0.25, 0.3) is 0 Å². The zero-order chi connectivity index (χ0) is 14.5. The van der Waals surface area contributed by atoms with Crippen LogP contribution in [0.3, 0.4) is 0 Å². The summed E-state index contributed by atoms with van der Waals surface area (Å²) < 4.78 is 12.9. The minimum absolute atomic E-state index is 0.196. The molecule has 0 radical (unpaired) electrons. The maximum Gasteiger partial charge on any atom is 0.123 e. The Morgan fingerprint density at radius 1 is 1.00 bits per heavy atom. The lowest BCUT2D eigenvalue weighted by atomic mass is 9.93. The fourth-order valence-corrected chi connectivity index (χ4v) is 2.33. The Labute approximate surface area is 121 Å². The van der Waals surface area contributed by atoms with E-state index in [9.17, 15) is 4.39 Å². The van der Waals surface area contributed by atoms with Crippen LogP contribution in [0.4, 0.5) is 4.39 Å². The molecular formula is C19H21F. The van der Waals surface area contributed by atoms with E-state index < -0.39 is 0 Å². The molecule has 0 N–H and O–H groups in total. The molecule has 0 aliphatic rings. The largest absolute Gasteiger partial charge is 0.207 e. The zero-order valence-electron chi connectivity index (χ0n) is 12.4. The van der Waals surface area contributed by atoms with E-state index in [0.29, 0.717) is 5.92 Å². The van der Waals surface area contributed by atoms with E-state index in [1.807, 2.05) is 6.08 Å². The van der Waals surface area contributed by atoms with E-state index in [1.54, 1.807) is 12.1 Å². The molecule has 0 amide bonds. The average Bonchev–Trinajstić information content (AvgIpc) is 2.41. The molecule has 0 spiro atoms. The van der Waals surface area contributed by atoms with Crippen molar-refractivity contribution in [1.82, 2.24) is 0 Å². The van der Waals surface area contributed by atoms with Crippen LogP contribution in [0.1, 0.15) is 36.1 Å². The Kier molecular flexibility index (Phi) is 4.73. The summed E-state index contributed by atoms with van der Waals surface area (Å²) >= 11 is 0. The third-order valence-corrected chi connectivity index (χ3v) is 3.38. The Hall–Kier alpha value is -1.89. The number of hydrogen-bond donors (Lipinski definition) is 0. The standard InChI is InChI=1S/C19H21F/c1-14(2)13-19-15(3)5-4-6-17(19)10-7-16-8-11-18(20)12-9-16/h4-12,14H,13H2,1-3H3/b10-7+. The fourth-order valence-electron chi connectivity index (χ4n) is 2.33. The van der Waals surface area contributed by atoms with E-state index in [2.05, 4.69) is 45.0 Å². The van der Waals surface area contributed by atoms with Gasteiger partial charge in [-0.2, -0.15) is 0 Å². The van der Waals surface area contributed by atoms with Crippen molar-refractivity contribution in [3.8, 4) is 0 Å². The zero-order valence-corrected chi connectivity index (χ0v) is 12.4. The van der Waals surface area contributed by atoms with Crippen molar-refractivity contribution in [3.63, 3.8) is 0 Å². The molecule has 2 aromatic rings. The normalized spacial score (nSPS) is 11.4. The number of benzene rings is 2. The molecule has 0 heterocycles. The van der Waals surface area contributed by atoms with Gasteiger partial charge in [-0.25, -0.2) is 4.39 Å². The molecule has 0 saturated heterocycles. The van der Waals surface area contributed by atoms with Crippen molar-refractivity contribution in [2.24, 2.45) is 5.92 Å². The van der Waals surface area contributed by atoms with Crippen molar-refractivity contribution in [2.45, 2.75) is 27.2 Å². The summed E-state index contributed by atoms with van der Waals surface area (Å²) in [5, 5.41) is 0. The Balaban J connectivity index is 2.28. The average molecular weight is 268 g/mol. The molecule has 0 unspecified atom stereocenters. The number of rotatable bonds is 4. The van der Waals surface area contributed by atoms with Crippen molar-refractivity contribution >= 4 is 12.2 Å². The van der Waals surface area contributed by atoms with Gasteiger partial charge in [-0.15, -0.1) is 0 Å². The van der Waals surface area contributed by atoms with Crippen molar-refractivity contribution in [1.29, 1.82) is 0 Å². The molecule has 0 nitrogen and oxygen atoms in total. The molecule has 0 aliphatic carbocycles. The molecule has 0 aromatic heterocycles. The summed E-state index contributed by atoms with van der Waals surface area (Å²) in [7, 11) is 0. The van der Waals surface area contributed by atoms with Crippen molar-refractivity contribution in [3.05, 3.63) is 70.5 Å². The van der Waals surface area contributed by atoms with Gasteiger partial charge in [-0.05, 0) is 53.6 Å². The smallest absolute Gasteiger partial charge is 0.123 e. The van der Waals surface area contributed by atoms with Gasteiger partial charge in [0.05, 0.1) is 0 Å². The molecule has 0 atom stereocenters. The number of hydrogen-bond acceptors (Lipinski definition) is 0. The van der Waals surface area contributed by atoms with Crippen molar-refractivity contribution < 1.29 is 4.39 Å². The molecule has 0 bridgehead atoms. The molecule has 1 heteroatoms. The first-order valence-electron chi connectivity index (χ1n) is 7.08. The van der Waals surface area contributed by atoms with Crippen LogP contribution in [0.25, 0.3) is 12.2 Å². The molecule has 0 fully saturated rings. The summed E-state index contributed by atoms with van der Waals surface area (Å²) in [4.78, 5) is 0. The predicted octanol–water partition coefficient (Wildman–Crippen LogP) is 5.50. The van der Waals surface area contributed by atoms with Gasteiger partial charge < -0.3 is 0 Å². The lowest BCUT2D eigenvalue weighted by molar-refractivity contribution is 0.628. The van der Waals surface area contributed by atoms with Gasteiger partial charge in [0.15, 0.2) is 0 Å². The third-order valence-electron chi connectivity index (χ3n) is 3.38. The minimum Gasteiger partial charge on any atom is -0.207 e. The van der Waals surface area contributed by atoms with E-state index in [1.165, 1.54) is 28.8 Å². The van der Waals surface area contributed by atoms with Gasteiger partial charge in [0.1, 0.15) is 5.82 Å². The molecule has 104 valence electrons. The highest BCUT2D eigenvalue weighted by Crippen LogP contribution is 2.20. The van der Waals surface area contributed by atoms with Gasteiger partial charge in [0, 0.05) is 0 Å². The highest BCUT2D eigenvalue weighted by atomic mass is 19.1. The van der Waals surface area contributed by atoms with Gasteiger partial charge in [-0.3, -0.25) is 0 Å². The van der Waals surface area contributed by atoms with Gasteiger partial charge in [-0.1, -0.05) is 56.3 Å². The van der Waals surface area contributed by atoms with Gasteiger partial charge >= 0.3 is 0 Å². The van der Waals surface area contributed by atoms with Crippen LogP contribution in [0.15, 0.2) is 42.5 Å². The fraction of sp³-hybridized carbons (Fsp3) is 0.263. The van der Waals surface area contributed by atoms with E-state index in [0.717, 1.165) is 12.0 Å². The summed E-state index contributed by atoms with van der Waals surface area (Å²) in [5.41, 5.74) is 5.01. The minimum atomic E-state index is -0.196. The van der Waals surface area contributed by atoms with Crippen LogP contribution in [0.2, 0.25) is 0 Å². The van der Waals surface area contributed by atoms with E-state index in [4.69, 9.17) is 0 Å². The molecule has 2 rings (SSSR count). The second-order valence-electron chi connectivity index (χ2n) is 5.63. The lowest BCUT2D eigenvalue weighted by Crippen LogP contribution is -1.99. The molecule has 0 saturated carbocycles. The van der Waals surface area contributed by atoms with Crippen LogP contribution in [0, 0.1) is 18.7 Å². The topological polar surface area (TPSA) is 0 Å². The SMILES string of the molecule is Cc1cccc(/C=C/c2ccc(F)cc2)c1CC(C)C. The molecular weight excluding hydrogens is 247 g/mol. The third kappa shape index (κ3) is 3.80. The monoisotopic (exact) mass is 268 g/mol. The summed E-state index contributed by atoms with van der Waals surface area (Å²) in [6.45, 7) is 6.63. The summed E-state index contributed by atoms with van der Waals surface area (Å²) in [6.07, 6.45) is 5.24. The molecule has 0 aliphatic heterocycles. The second-order valence-corrected chi connectivity index (χ2v) is 5.63. The molecule has 2 aromatic carbocycles. The Bertz CT molecular complexity index is 592. The first kappa shape index (κ1) is 14.5. The van der Waals surface area contributed by atoms with Crippen LogP contribution in [-0.4, -0.2) is 0 Å². The maximum atomic E-state index is 12.9. The second kappa shape index (κ2) is 6.51. The first-order valence-corrected chi connectivity index (χ1v) is 7.08. The van der Waals surface area contributed by atoms with E-state index in [-0.39, 0.29) is 5.82 Å². The van der Waals surface area contributed by atoms with Crippen molar-refractivity contribution in [2.75, 3.05) is 0 Å². The summed E-state index contributed by atoms with van der Waals surface area (Å²) in [6, 6.07) is 13.0. The lowest BCUT2D eigenvalue weighted by Gasteiger charge is -2.12. The molecule has 20 heavy (non-hydrogen) atoms. The van der Waals surface area contributed by atoms with E-state index >= 15 is 0 Å². The highest BCUT2D eigenvalue weighted by molar-refractivity contribution is 5.71. The first-order chi connectivity index (χ1) is 9.56. The Morgan fingerprint density at radius 3 is 2.35 bits per heavy atom. The van der Waals surface area contributed by atoms with Crippen LogP contribution in [0.5, 0.6) is 0 Å². The quantitative estimate of drug-likeness (QED) is 0.642. The number of halogens is 1. The summed E-state index contributed by atoms with van der Waals surface area (Å²) in [5.74, 6) is 0.437. The predicted molar refractivity (Wildman–Crippen MR) is 85.0 cm³/mol. The number of aryl methyl sites for hydroxylation is 1. The van der Waals surface area contributed by atoms with Crippen LogP contribution < -0.4 is 0 Å². The highest BCUT2D eigenvalue weighted by Gasteiger charge is 2.05. The van der Waals surface area contributed by atoms with Crippen LogP contribution in [-0.2, 0) is 6.42 Å². The van der Waals surface area contributed by atoms with Crippen LogP contribution >= 0.6 is 0 Å². The Morgan fingerprint density at radius 2 is 1.70 bits per heavy atom. The van der Waals surface area contributed by atoms with Gasteiger partial charge in [0.2, 0.25) is 0 Å².